The van der Waals surface area contributed by atoms with Crippen LogP contribution in [-0.2, 0) is 0 Å². The van der Waals surface area contributed by atoms with Gasteiger partial charge in [-0.05, 0) is 135 Å². The molecule has 2 N–H and O–H groups in total. The van der Waals surface area contributed by atoms with Gasteiger partial charge in [0.15, 0.2) is 6.71 Å². The molecule has 3 aromatic rings. The van der Waals surface area contributed by atoms with Crippen molar-refractivity contribution < 1.29 is 0 Å². The Morgan fingerprint density at radius 3 is 2.22 bits per heavy atom. The number of hydrogen-bond donors (Lipinski definition) is 2. The lowest BCUT2D eigenvalue weighted by molar-refractivity contribution is 0.0130. The summed E-state index contributed by atoms with van der Waals surface area (Å²) < 4.78 is 0. The number of benzene rings is 2. The van der Waals surface area contributed by atoms with Crippen molar-refractivity contribution in [3.8, 4) is 0 Å². The molecule has 4 aliphatic carbocycles. The fraction of sp³-hybridized carbons (Fsp3) is 0.600. The summed E-state index contributed by atoms with van der Waals surface area (Å²) in [6.07, 6.45) is 21.5. The first-order valence-corrected chi connectivity index (χ1v) is 24.0. The van der Waals surface area contributed by atoms with Gasteiger partial charge < -0.3 is 25.3 Å². The third-order valence-corrected chi connectivity index (χ3v) is 18.8. The van der Waals surface area contributed by atoms with E-state index in [0.717, 1.165) is 42.6 Å². The summed E-state index contributed by atoms with van der Waals surface area (Å²) in [4.78, 5) is 19.6. The van der Waals surface area contributed by atoms with E-state index in [9.17, 15) is 0 Å². The van der Waals surface area contributed by atoms with Crippen LogP contribution in [0.15, 0.2) is 102 Å². The molecule has 7 nitrogen and oxygen atoms in total. The highest BCUT2D eigenvalue weighted by Gasteiger charge is 2.71. The third-order valence-electron chi connectivity index (χ3n) is 18.8. The van der Waals surface area contributed by atoms with E-state index in [1.807, 2.05) is 29.6 Å². The molecule has 2 aromatic carbocycles. The molecule has 11 aliphatic rings. The summed E-state index contributed by atoms with van der Waals surface area (Å²) in [6, 6.07) is 29.2. The highest BCUT2D eigenvalue weighted by Crippen LogP contribution is 2.70. The van der Waals surface area contributed by atoms with Crippen molar-refractivity contribution in [3.05, 3.63) is 113 Å². The van der Waals surface area contributed by atoms with Gasteiger partial charge in [-0.2, -0.15) is 0 Å². The van der Waals surface area contributed by atoms with E-state index in [0.29, 0.717) is 65.9 Å². The smallest absolute Gasteiger partial charge is 0.159 e. The van der Waals surface area contributed by atoms with Crippen LogP contribution >= 0.6 is 0 Å². The first kappa shape index (κ1) is 34.1. The molecular formula is C50H60BN7. The molecule has 8 heterocycles. The average molecular weight is 770 g/mol. The van der Waals surface area contributed by atoms with Gasteiger partial charge in [-0.25, -0.2) is 9.97 Å². The first-order chi connectivity index (χ1) is 28.8. The lowest BCUT2D eigenvalue weighted by Gasteiger charge is -2.68. The number of anilines is 1. The predicted molar refractivity (Wildman–Crippen MR) is 231 cm³/mol. The summed E-state index contributed by atoms with van der Waals surface area (Å²) in [5, 5.41) is 8.55. The Bertz CT molecular complexity index is 2140. The Labute approximate surface area is 345 Å². The molecule has 298 valence electrons. The molecule has 7 fully saturated rings. The molecular weight excluding hydrogens is 709 g/mol. The zero-order chi connectivity index (χ0) is 37.6. The SMILES string of the molecule is c1ccc(C2CC3CCCCC3C3=C2N2C4CC(c5ncccn5)CC5C4B(C4CCCC6C7=C(N(c8ccccc8)C8CCCNC78)N5C46)C4CCNC3C42)cc1. The van der Waals surface area contributed by atoms with Gasteiger partial charge in [0.2, 0.25) is 0 Å². The van der Waals surface area contributed by atoms with Gasteiger partial charge in [0, 0.05) is 65.7 Å². The van der Waals surface area contributed by atoms with Crippen molar-refractivity contribution >= 4 is 12.4 Å². The molecule has 1 aromatic heterocycles. The van der Waals surface area contributed by atoms with Crippen LogP contribution in [0.5, 0.6) is 0 Å². The van der Waals surface area contributed by atoms with Gasteiger partial charge >= 0.3 is 0 Å². The van der Waals surface area contributed by atoms with E-state index in [-0.39, 0.29) is 0 Å². The molecule has 15 atom stereocenters. The van der Waals surface area contributed by atoms with Gasteiger partial charge in [-0.15, -0.1) is 0 Å². The molecule has 7 aliphatic heterocycles. The zero-order valence-corrected chi connectivity index (χ0v) is 34.1. The average Bonchev–Trinajstić information content (AvgIpc) is 3.94. The molecule has 15 unspecified atom stereocenters. The molecule has 58 heavy (non-hydrogen) atoms. The van der Waals surface area contributed by atoms with E-state index in [4.69, 9.17) is 9.97 Å². The minimum absolute atomic E-state index is 0.362. The van der Waals surface area contributed by atoms with Crippen LogP contribution < -0.4 is 15.5 Å². The van der Waals surface area contributed by atoms with E-state index < -0.39 is 0 Å². The maximum atomic E-state index is 5.11. The fourth-order valence-corrected chi connectivity index (χ4v) is 17.3. The van der Waals surface area contributed by atoms with Crippen LogP contribution in [0, 0.1) is 17.8 Å². The summed E-state index contributed by atoms with van der Waals surface area (Å²) >= 11 is 0. The van der Waals surface area contributed by atoms with E-state index in [1.165, 1.54) is 95.7 Å². The van der Waals surface area contributed by atoms with Crippen LogP contribution in [0.1, 0.15) is 107 Å². The molecule has 14 rings (SSSR count). The van der Waals surface area contributed by atoms with Crippen molar-refractivity contribution in [2.45, 2.75) is 155 Å². The predicted octanol–water partition coefficient (Wildman–Crippen LogP) is 8.35. The second kappa shape index (κ2) is 12.9. The Balaban J connectivity index is 0.977. The van der Waals surface area contributed by atoms with Gasteiger partial charge in [0.25, 0.3) is 0 Å². The van der Waals surface area contributed by atoms with Crippen LogP contribution in [0.25, 0.3) is 0 Å². The normalized spacial score (nSPS) is 42.9. The van der Waals surface area contributed by atoms with Crippen LogP contribution in [-0.4, -0.2) is 81.9 Å². The molecule has 4 saturated heterocycles. The summed E-state index contributed by atoms with van der Waals surface area (Å²) in [5.74, 6) is 8.04. The quantitative estimate of drug-likeness (QED) is 0.260. The number of nitrogens with one attached hydrogen (secondary N) is 2. The number of hydrogen-bond acceptors (Lipinski definition) is 7. The van der Waals surface area contributed by atoms with Crippen molar-refractivity contribution in [1.82, 2.24) is 30.4 Å². The molecule has 0 amide bonds. The Morgan fingerprint density at radius 2 is 1.36 bits per heavy atom. The minimum atomic E-state index is 0.362. The molecule has 3 saturated carbocycles. The minimum Gasteiger partial charge on any atom is -0.367 e. The van der Waals surface area contributed by atoms with Gasteiger partial charge in [0.05, 0.1) is 18.1 Å². The molecule has 0 bridgehead atoms. The molecule has 8 heteroatoms. The zero-order valence-electron chi connectivity index (χ0n) is 34.1. The number of piperidine rings is 2. The van der Waals surface area contributed by atoms with Gasteiger partial charge in [-0.3, -0.25) is 0 Å². The fourth-order valence-electron chi connectivity index (χ4n) is 17.3. The highest BCUT2D eigenvalue weighted by molar-refractivity contribution is 6.65. The van der Waals surface area contributed by atoms with Crippen molar-refractivity contribution in [1.29, 1.82) is 0 Å². The molecule has 0 radical (unpaired) electrons. The van der Waals surface area contributed by atoms with Crippen LogP contribution in [0.3, 0.4) is 0 Å². The van der Waals surface area contributed by atoms with Crippen molar-refractivity contribution in [2.75, 3.05) is 18.0 Å². The Morgan fingerprint density at radius 1 is 0.603 bits per heavy atom. The summed E-state index contributed by atoms with van der Waals surface area (Å²) in [5.41, 5.74) is 8.48. The van der Waals surface area contributed by atoms with Crippen LogP contribution in [0.2, 0.25) is 17.5 Å². The maximum absolute atomic E-state index is 5.11. The van der Waals surface area contributed by atoms with Crippen molar-refractivity contribution in [3.63, 3.8) is 0 Å². The topological polar surface area (TPSA) is 59.6 Å². The van der Waals surface area contributed by atoms with Crippen molar-refractivity contribution in [2.24, 2.45) is 17.8 Å². The number of aromatic nitrogens is 2. The lowest BCUT2D eigenvalue weighted by Crippen LogP contribution is -2.73. The Hall–Kier alpha value is -3.62. The van der Waals surface area contributed by atoms with Gasteiger partial charge in [0.1, 0.15) is 11.6 Å². The van der Waals surface area contributed by atoms with Gasteiger partial charge in [-0.1, -0.05) is 74.2 Å². The van der Waals surface area contributed by atoms with E-state index in [1.54, 1.807) is 17.1 Å². The second-order valence-electron chi connectivity index (χ2n) is 20.8. The number of para-hydroxylation sites is 1. The first-order valence-electron chi connectivity index (χ1n) is 24.0. The van der Waals surface area contributed by atoms with E-state index in [2.05, 4.69) is 86.0 Å². The van der Waals surface area contributed by atoms with Crippen LogP contribution in [0.4, 0.5) is 5.69 Å². The van der Waals surface area contributed by atoms with E-state index >= 15 is 0 Å². The third kappa shape index (κ3) is 4.55. The highest BCUT2D eigenvalue weighted by atomic mass is 15.4. The Kier molecular flexibility index (Phi) is 7.62. The maximum Gasteiger partial charge on any atom is 0.159 e. The summed E-state index contributed by atoms with van der Waals surface area (Å²) in [6.45, 7) is 3.14. The lowest BCUT2D eigenvalue weighted by atomic mass is 9.18. The monoisotopic (exact) mass is 770 g/mol. The number of fused-ring (bicyclic) bond motifs is 12. The second-order valence-corrected chi connectivity index (χ2v) is 20.8. The largest absolute Gasteiger partial charge is 0.367 e. The number of allylic oxidation sites excluding steroid dienone is 1. The molecule has 0 spiro atoms. The number of rotatable bonds is 3. The summed E-state index contributed by atoms with van der Waals surface area (Å²) in [7, 11) is 0. The standard InChI is InChI=1S/C50H60BN7/c1-3-12-29(13-4-1)35-26-30-14-7-8-17-33(30)41-45-48-37(21-25-53-45)51-36-19-9-18-34-42-44-38(20-10-22-52-44)56(32-15-5-2-6-16-32)50(42)58(46(34)36)40-28-31(49-54-23-11-24-55-49)27-39(43(40)51)57(48)47(35)41/h1-6,11-13,15-16,23-24,30-31,33-40,43-46,48,52-53H,7-10,14,17-22,25-28H2. The number of nitrogens with zero attached hydrogens (tertiary/aromatic N) is 5.